The van der Waals surface area contributed by atoms with Crippen molar-refractivity contribution in [3.05, 3.63) is 46.5 Å². The summed E-state index contributed by atoms with van der Waals surface area (Å²) in [5.41, 5.74) is 3.77. The molecule has 0 bridgehead atoms. The maximum Gasteiger partial charge on any atom is 0.0994 e. The second kappa shape index (κ2) is 5.47. The molecule has 1 aromatic carbocycles. The molecule has 1 saturated heterocycles. The Bertz CT molecular complexity index is 571. The van der Waals surface area contributed by atoms with Crippen LogP contribution in [0, 0.1) is 6.92 Å². The number of imidazole rings is 1. The van der Waals surface area contributed by atoms with Gasteiger partial charge < -0.3 is 9.88 Å². The topological polar surface area (TPSA) is 29.9 Å². The van der Waals surface area contributed by atoms with E-state index in [2.05, 4.69) is 55.9 Å². The first kappa shape index (κ1) is 12.9. The van der Waals surface area contributed by atoms with Gasteiger partial charge in [0.15, 0.2) is 0 Å². The molecule has 3 nitrogen and oxygen atoms in total. The highest BCUT2D eigenvalue weighted by Gasteiger charge is 2.20. The van der Waals surface area contributed by atoms with Gasteiger partial charge in [0.2, 0.25) is 0 Å². The molecule has 0 spiro atoms. The minimum Gasteiger partial charge on any atom is -0.317 e. The molecule has 0 amide bonds. The van der Waals surface area contributed by atoms with Gasteiger partial charge >= 0.3 is 0 Å². The van der Waals surface area contributed by atoms with E-state index in [1.165, 1.54) is 29.8 Å². The normalized spacial score (nSPS) is 16.7. The van der Waals surface area contributed by atoms with Gasteiger partial charge in [-0.25, -0.2) is 4.98 Å². The van der Waals surface area contributed by atoms with Crippen LogP contribution < -0.4 is 5.32 Å². The molecule has 0 radical (unpaired) electrons. The van der Waals surface area contributed by atoms with Gasteiger partial charge in [0, 0.05) is 22.3 Å². The predicted octanol–water partition coefficient (Wildman–Crippen LogP) is 3.41. The minimum atomic E-state index is 0.608. The van der Waals surface area contributed by atoms with E-state index >= 15 is 0 Å². The molecule has 1 fully saturated rings. The van der Waals surface area contributed by atoms with Crippen LogP contribution in [-0.4, -0.2) is 22.6 Å². The van der Waals surface area contributed by atoms with E-state index in [0.717, 1.165) is 17.6 Å². The summed E-state index contributed by atoms with van der Waals surface area (Å²) in [6.45, 7) is 4.32. The zero-order valence-corrected chi connectivity index (χ0v) is 12.7. The Hall–Kier alpha value is -1.13. The molecule has 100 valence electrons. The lowest BCUT2D eigenvalue weighted by Crippen LogP contribution is -2.27. The first-order valence-corrected chi connectivity index (χ1v) is 7.55. The SMILES string of the molecule is Cc1cccc(-n2cncc2C2CCNCC2)c1Br. The number of halogens is 1. The van der Waals surface area contributed by atoms with E-state index in [9.17, 15) is 0 Å². The highest BCUT2D eigenvalue weighted by Crippen LogP contribution is 2.31. The van der Waals surface area contributed by atoms with Gasteiger partial charge in [-0.1, -0.05) is 12.1 Å². The molecule has 0 aliphatic carbocycles. The van der Waals surface area contributed by atoms with E-state index in [-0.39, 0.29) is 0 Å². The maximum atomic E-state index is 4.37. The molecular formula is C15H18BrN3. The molecule has 19 heavy (non-hydrogen) atoms. The number of aryl methyl sites for hydroxylation is 1. The summed E-state index contributed by atoms with van der Waals surface area (Å²) < 4.78 is 3.38. The summed E-state index contributed by atoms with van der Waals surface area (Å²) in [5, 5.41) is 3.42. The fraction of sp³-hybridized carbons (Fsp3) is 0.400. The van der Waals surface area contributed by atoms with Crippen molar-refractivity contribution in [2.45, 2.75) is 25.7 Å². The van der Waals surface area contributed by atoms with E-state index in [1.54, 1.807) is 0 Å². The lowest BCUT2D eigenvalue weighted by molar-refractivity contribution is 0.449. The van der Waals surface area contributed by atoms with Crippen LogP contribution in [0.5, 0.6) is 0 Å². The summed E-state index contributed by atoms with van der Waals surface area (Å²) in [6, 6.07) is 6.36. The van der Waals surface area contributed by atoms with E-state index in [4.69, 9.17) is 0 Å². The first-order chi connectivity index (χ1) is 9.27. The number of hydrogen-bond donors (Lipinski definition) is 1. The van der Waals surface area contributed by atoms with Crippen LogP contribution in [0.3, 0.4) is 0 Å². The summed E-state index contributed by atoms with van der Waals surface area (Å²) >= 11 is 3.70. The molecule has 4 heteroatoms. The van der Waals surface area contributed by atoms with Crippen molar-refractivity contribution < 1.29 is 0 Å². The van der Waals surface area contributed by atoms with Crippen molar-refractivity contribution in [1.29, 1.82) is 0 Å². The highest BCUT2D eigenvalue weighted by molar-refractivity contribution is 9.10. The Kier molecular flexibility index (Phi) is 3.71. The average Bonchev–Trinajstić information content (AvgIpc) is 2.92. The van der Waals surface area contributed by atoms with Gasteiger partial charge in [0.05, 0.1) is 12.0 Å². The molecule has 1 aliphatic rings. The first-order valence-electron chi connectivity index (χ1n) is 6.76. The zero-order valence-electron chi connectivity index (χ0n) is 11.1. The number of piperidine rings is 1. The number of nitrogens with zero attached hydrogens (tertiary/aromatic N) is 2. The largest absolute Gasteiger partial charge is 0.317 e. The lowest BCUT2D eigenvalue weighted by atomic mass is 9.95. The number of rotatable bonds is 2. The second-order valence-electron chi connectivity index (χ2n) is 5.12. The van der Waals surface area contributed by atoms with Crippen molar-refractivity contribution in [1.82, 2.24) is 14.9 Å². The Morgan fingerprint density at radius 2 is 2.11 bits per heavy atom. The Morgan fingerprint density at radius 3 is 2.89 bits per heavy atom. The van der Waals surface area contributed by atoms with E-state index < -0.39 is 0 Å². The summed E-state index contributed by atoms with van der Waals surface area (Å²) in [5.74, 6) is 0.608. The maximum absolute atomic E-state index is 4.37. The van der Waals surface area contributed by atoms with Crippen LogP contribution in [-0.2, 0) is 0 Å². The van der Waals surface area contributed by atoms with Crippen molar-refractivity contribution in [2.75, 3.05) is 13.1 Å². The molecule has 1 N–H and O–H groups in total. The molecular weight excluding hydrogens is 302 g/mol. The molecule has 0 saturated carbocycles. The Labute approximate surface area is 122 Å². The second-order valence-corrected chi connectivity index (χ2v) is 5.91. The monoisotopic (exact) mass is 319 g/mol. The molecule has 0 atom stereocenters. The number of benzene rings is 1. The third kappa shape index (κ3) is 2.47. The van der Waals surface area contributed by atoms with Crippen LogP contribution in [0.15, 0.2) is 35.2 Å². The van der Waals surface area contributed by atoms with Gasteiger partial charge in [-0.15, -0.1) is 0 Å². The third-order valence-electron chi connectivity index (χ3n) is 3.86. The quantitative estimate of drug-likeness (QED) is 0.919. The summed E-state index contributed by atoms with van der Waals surface area (Å²) in [6.07, 6.45) is 6.33. The van der Waals surface area contributed by atoms with Crippen LogP contribution in [0.2, 0.25) is 0 Å². The molecule has 3 rings (SSSR count). The molecule has 1 aliphatic heterocycles. The van der Waals surface area contributed by atoms with Gasteiger partial charge in [-0.2, -0.15) is 0 Å². The number of aromatic nitrogens is 2. The Balaban J connectivity index is 2.01. The van der Waals surface area contributed by atoms with Gasteiger partial charge in [-0.3, -0.25) is 0 Å². The predicted molar refractivity (Wildman–Crippen MR) is 80.8 cm³/mol. The number of nitrogens with one attached hydrogen (secondary N) is 1. The van der Waals surface area contributed by atoms with Gasteiger partial charge in [0.25, 0.3) is 0 Å². The third-order valence-corrected chi connectivity index (χ3v) is 4.89. The minimum absolute atomic E-state index is 0.608. The van der Waals surface area contributed by atoms with Gasteiger partial charge in [0.1, 0.15) is 0 Å². The molecule has 1 aromatic heterocycles. The summed E-state index contributed by atoms with van der Waals surface area (Å²) in [4.78, 5) is 4.37. The fourth-order valence-electron chi connectivity index (χ4n) is 2.74. The average molecular weight is 320 g/mol. The smallest absolute Gasteiger partial charge is 0.0994 e. The van der Waals surface area contributed by atoms with Crippen LogP contribution >= 0.6 is 15.9 Å². The van der Waals surface area contributed by atoms with Crippen molar-refractivity contribution in [3.63, 3.8) is 0 Å². The number of hydrogen-bond acceptors (Lipinski definition) is 2. The van der Waals surface area contributed by atoms with Gasteiger partial charge in [-0.05, 0) is 60.4 Å². The summed E-state index contributed by atoms with van der Waals surface area (Å²) in [7, 11) is 0. The molecule has 2 heterocycles. The van der Waals surface area contributed by atoms with Crippen LogP contribution in [0.1, 0.15) is 30.0 Å². The van der Waals surface area contributed by atoms with E-state index in [1.807, 2.05) is 12.5 Å². The highest BCUT2D eigenvalue weighted by atomic mass is 79.9. The standard InChI is InChI=1S/C15H18BrN3/c1-11-3-2-4-13(15(11)16)19-10-18-9-14(19)12-5-7-17-8-6-12/h2-4,9-10,12,17H,5-8H2,1H3. The Morgan fingerprint density at radius 1 is 1.32 bits per heavy atom. The molecule has 2 aromatic rings. The van der Waals surface area contributed by atoms with Crippen LogP contribution in [0.4, 0.5) is 0 Å². The van der Waals surface area contributed by atoms with Crippen molar-refractivity contribution in [3.8, 4) is 5.69 Å². The molecule has 0 unspecified atom stereocenters. The van der Waals surface area contributed by atoms with Crippen molar-refractivity contribution >= 4 is 15.9 Å². The fourth-order valence-corrected chi connectivity index (χ4v) is 3.20. The zero-order chi connectivity index (χ0) is 13.2. The lowest BCUT2D eigenvalue weighted by Gasteiger charge is -2.24. The van der Waals surface area contributed by atoms with E-state index in [0.29, 0.717) is 5.92 Å². The van der Waals surface area contributed by atoms with Crippen molar-refractivity contribution in [2.24, 2.45) is 0 Å². The van der Waals surface area contributed by atoms with Crippen LogP contribution in [0.25, 0.3) is 5.69 Å².